The normalized spacial score (nSPS) is 16.0. The molecule has 11 heteroatoms. The number of halogens is 1. The molecule has 1 aliphatic heterocycles. The van der Waals surface area contributed by atoms with Crippen LogP contribution in [0.25, 0.3) is 0 Å². The average Bonchev–Trinajstić information content (AvgIpc) is 3.38. The Labute approximate surface area is 222 Å². The number of rotatable bonds is 9. The molecule has 1 aromatic heterocycles. The molecule has 0 amide bonds. The lowest BCUT2D eigenvalue weighted by molar-refractivity contribution is -0.141. The first-order chi connectivity index (χ1) is 17.2. The van der Waals surface area contributed by atoms with Crippen LogP contribution in [0.4, 0.5) is 0 Å². The van der Waals surface area contributed by atoms with Crippen LogP contribution in [0, 0.1) is 0 Å². The highest BCUT2D eigenvalue weighted by Crippen LogP contribution is 2.29. The van der Waals surface area contributed by atoms with Crippen molar-refractivity contribution in [2.24, 2.45) is 0 Å². The van der Waals surface area contributed by atoms with Crippen LogP contribution in [0.2, 0.25) is 5.02 Å². The highest BCUT2D eigenvalue weighted by Gasteiger charge is 2.32. The number of benzene rings is 2. The van der Waals surface area contributed by atoms with Crippen molar-refractivity contribution in [3.63, 3.8) is 0 Å². The number of carbonyl (C=O) groups excluding carboxylic acids is 1. The predicted molar refractivity (Wildman–Crippen MR) is 141 cm³/mol. The van der Waals surface area contributed by atoms with E-state index in [4.69, 9.17) is 33.3 Å². The summed E-state index contributed by atoms with van der Waals surface area (Å²) < 4.78 is 17.4. The molecule has 0 aliphatic carbocycles. The van der Waals surface area contributed by atoms with E-state index in [0.29, 0.717) is 40.4 Å². The lowest BCUT2D eigenvalue weighted by Crippen LogP contribution is -2.37. The molecule has 2 heterocycles. The average molecular weight is 549 g/mol. The summed E-state index contributed by atoms with van der Waals surface area (Å²) in [6.07, 6.45) is 0.175. The second-order valence-corrected chi connectivity index (χ2v) is 10.2. The van der Waals surface area contributed by atoms with Gasteiger partial charge < -0.3 is 24.2 Å². The van der Waals surface area contributed by atoms with Crippen molar-refractivity contribution in [1.29, 1.82) is 0 Å². The Morgan fingerprint density at radius 2 is 2.06 bits per heavy atom. The van der Waals surface area contributed by atoms with Gasteiger partial charge in [0.25, 0.3) is 5.17 Å². The van der Waals surface area contributed by atoms with Crippen molar-refractivity contribution in [3.8, 4) is 11.6 Å². The van der Waals surface area contributed by atoms with Gasteiger partial charge in [0.1, 0.15) is 25.0 Å². The SMILES string of the molecule is COC(=O)Cn1c(O)c(Cc2ccc(OCC(C)N3CC(c4cccc(Cl)c4)OC3=S)cc2)sc1=O. The number of aromatic hydroxyl groups is 1. The standard InChI is InChI=1S/C25H25ClN2O6S2/c1-15(27-12-20(34-25(27)35)17-4-3-5-18(26)11-17)14-33-19-8-6-16(7-9-19)10-21-23(30)28(24(31)36-21)13-22(29)32-2/h3-9,11,15,20,30H,10,12-14H2,1-2H3. The van der Waals surface area contributed by atoms with E-state index >= 15 is 0 Å². The first kappa shape index (κ1) is 26.0. The second-order valence-electron chi connectivity index (χ2n) is 8.34. The molecule has 2 aromatic carbocycles. The van der Waals surface area contributed by atoms with E-state index in [1.54, 1.807) is 0 Å². The maximum Gasteiger partial charge on any atom is 0.325 e. The van der Waals surface area contributed by atoms with E-state index in [-0.39, 0.29) is 24.6 Å². The molecule has 2 atom stereocenters. The number of thiazole rings is 1. The van der Waals surface area contributed by atoms with Crippen molar-refractivity contribution < 1.29 is 24.1 Å². The van der Waals surface area contributed by atoms with Crippen LogP contribution < -0.4 is 9.61 Å². The molecule has 1 fully saturated rings. The molecule has 2 unspecified atom stereocenters. The number of ether oxygens (including phenoxy) is 3. The summed E-state index contributed by atoms with van der Waals surface area (Å²) >= 11 is 12.4. The summed E-state index contributed by atoms with van der Waals surface area (Å²) in [6.45, 7) is 2.72. The fourth-order valence-corrected chi connectivity index (χ4v) is 5.29. The van der Waals surface area contributed by atoms with Crippen molar-refractivity contribution in [2.45, 2.75) is 32.0 Å². The number of methoxy groups -OCH3 is 1. The van der Waals surface area contributed by atoms with E-state index in [0.717, 1.165) is 27.0 Å². The zero-order chi connectivity index (χ0) is 25.8. The largest absolute Gasteiger partial charge is 0.494 e. The second kappa shape index (κ2) is 11.3. The van der Waals surface area contributed by atoms with Crippen LogP contribution in [-0.4, -0.2) is 52.0 Å². The predicted octanol–water partition coefficient (Wildman–Crippen LogP) is 4.16. The van der Waals surface area contributed by atoms with Gasteiger partial charge in [-0.25, -0.2) is 0 Å². The summed E-state index contributed by atoms with van der Waals surface area (Å²) in [4.78, 5) is 25.7. The monoisotopic (exact) mass is 548 g/mol. The van der Waals surface area contributed by atoms with Crippen molar-refractivity contribution in [1.82, 2.24) is 9.47 Å². The summed E-state index contributed by atoms with van der Waals surface area (Å²) in [5, 5.41) is 11.4. The molecule has 8 nitrogen and oxygen atoms in total. The van der Waals surface area contributed by atoms with Crippen molar-refractivity contribution in [3.05, 3.63) is 79.2 Å². The smallest absolute Gasteiger partial charge is 0.325 e. The van der Waals surface area contributed by atoms with E-state index in [2.05, 4.69) is 4.74 Å². The quantitative estimate of drug-likeness (QED) is 0.315. The Bertz CT molecular complexity index is 1310. The molecule has 1 N–H and O–H groups in total. The number of nitrogens with zero attached hydrogens (tertiary/aromatic N) is 2. The molecular formula is C25H25ClN2O6S2. The molecule has 0 spiro atoms. The van der Waals surface area contributed by atoms with Crippen LogP contribution in [0.1, 0.15) is 29.0 Å². The van der Waals surface area contributed by atoms with Crippen LogP contribution >= 0.6 is 35.2 Å². The topological polar surface area (TPSA) is 90.2 Å². The van der Waals surface area contributed by atoms with Gasteiger partial charge in [-0.3, -0.25) is 14.2 Å². The Morgan fingerprint density at radius 1 is 1.31 bits per heavy atom. The van der Waals surface area contributed by atoms with E-state index in [1.807, 2.05) is 60.4 Å². The zero-order valence-corrected chi connectivity index (χ0v) is 22.1. The van der Waals surface area contributed by atoms with E-state index in [1.165, 1.54) is 7.11 Å². The number of carbonyl (C=O) groups is 1. The van der Waals surface area contributed by atoms with Gasteiger partial charge in [-0.2, -0.15) is 0 Å². The minimum atomic E-state index is -0.603. The number of hydrogen-bond acceptors (Lipinski definition) is 8. The maximum atomic E-state index is 12.1. The Morgan fingerprint density at radius 3 is 2.75 bits per heavy atom. The molecule has 1 saturated heterocycles. The minimum absolute atomic E-state index is 0.00911. The molecule has 190 valence electrons. The van der Waals surface area contributed by atoms with Crippen LogP contribution in [0.15, 0.2) is 53.3 Å². The van der Waals surface area contributed by atoms with Gasteiger partial charge in [0.05, 0.1) is 24.6 Å². The third kappa shape index (κ3) is 6.00. The number of thiocarbonyl (C=S) groups is 1. The number of aromatic nitrogens is 1. The van der Waals surface area contributed by atoms with Gasteiger partial charge in [-0.1, -0.05) is 47.2 Å². The molecule has 3 aromatic rings. The fourth-order valence-electron chi connectivity index (χ4n) is 3.81. The Hall–Kier alpha value is -3.08. The van der Waals surface area contributed by atoms with Gasteiger partial charge in [0.15, 0.2) is 0 Å². The molecule has 0 radical (unpaired) electrons. The highest BCUT2D eigenvalue weighted by molar-refractivity contribution is 7.80. The van der Waals surface area contributed by atoms with E-state index < -0.39 is 10.8 Å². The molecule has 1 aliphatic rings. The van der Waals surface area contributed by atoms with Gasteiger partial charge >= 0.3 is 10.8 Å². The highest BCUT2D eigenvalue weighted by atomic mass is 35.5. The van der Waals surface area contributed by atoms with Gasteiger partial charge in [-0.05, 0) is 54.5 Å². The lowest BCUT2D eigenvalue weighted by atomic mass is 10.1. The summed E-state index contributed by atoms with van der Waals surface area (Å²) in [5.41, 5.74) is 1.86. The van der Waals surface area contributed by atoms with Crippen LogP contribution in [0.5, 0.6) is 11.6 Å². The first-order valence-corrected chi connectivity index (χ1v) is 12.8. The zero-order valence-electron chi connectivity index (χ0n) is 19.7. The number of hydrogen-bond donors (Lipinski definition) is 1. The van der Waals surface area contributed by atoms with E-state index in [9.17, 15) is 14.7 Å². The van der Waals surface area contributed by atoms with Crippen molar-refractivity contribution >= 4 is 46.3 Å². The maximum absolute atomic E-state index is 12.1. The molecular weight excluding hydrogens is 524 g/mol. The Balaban J connectivity index is 1.32. The van der Waals surface area contributed by atoms with Gasteiger partial charge in [0, 0.05) is 11.4 Å². The molecule has 0 bridgehead atoms. The van der Waals surface area contributed by atoms with Gasteiger partial charge in [0.2, 0.25) is 5.88 Å². The summed E-state index contributed by atoms with van der Waals surface area (Å²) in [6, 6.07) is 15.0. The third-order valence-electron chi connectivity index (χ3n) is 5.82. The minimum Gasteiger partial charge on any atom is -0.494 e. The summed E-state index contributed by atoms with van der Waals surface area (Å²) in [5.74, 6) is -0.137. The van der Waals surface area contributed by atoms with Crippen LogP contribution in [-0.2, 0) is 27.2 Å². The summed E-state index contributed by atoms with van der Waals surface area (Å²) in [7, 11) is 1.23. The van der Waals surface area contributed by atoms with Crippen LogP contribution in [0.3, 0.4) is 0 Å². The van der Waals surface area contributed by atoms with Gasteiger partial charge in [-0.15, -0.1) is 0 Å². The third-order valence-corrected chi connectivity index (χ3v) is 7.36. The lowest BCUT2D eigenvalue weighted by Gasteiger charge is -2.23. The fraction of sp³-hybridized carbons (Fsp3) is 0.320. The molecule has 36 heavy (non-hydrogen) atoms. The Kier molecular flexibility index (Phi) is 8.17. The molecule has 0 saturated carbocycles. The first-order valence-electron chi connectivity index (χ1n) is 11.2. The molecule has 4 rings (SSSR count). The van der Waals surface area contributed by atoms with Crippen molar-refractivity contribution in [2.75, 3.05) is 20.3 Å². The number of esters is 1.